The van der Waals surface area contributed by atoms with E-state index in [1.54, 1.807) is 6.92 Å². The molecule has 1 fully saturated rings. The minimum atomic E-state index is -0.444. The number of rotatable bonds is 3. The fourth-order valence-corrected chi connectivity index (χ4v) is 2.48. The molecule has 3 nitrogen and oxygen atoms in total. The molecule has 1 aliphatic heterocycles. The SMILES string of the molecule is C[C@H](O)CNC(=O)C1CCCSC1. The topological polar surface area (TPSA) is 49.3 Å². The number of carbonyl (C=O) groups is 1. The molecule has 0 radical (unpaired) electrons. The van der Waals surface area contributed by atoms with E-state index in [1.165, 1.54) is 5.75 Å². The molecule has 76 valence electrons. The summed E-state index contributed by atoms with van der Waals surface area (Å²) in [6.45, 7) is 2.05. The Morgan fingerprint density at radius 2 is 2.54 bits per heavy atom. The molecular weight excluding hydrogens is 186 g/mol. The third-order valence-corrected chi connectivity index (χ3v) is 3.32. The molecule has 1 rings (SSSR count). The van der Waals surface area contributed by atoms with E-state index in [1.807, 2.05) is 11.8 Å². The molecule has 0 aromatic rings. The lowest BCUT2D eigenvalue weighted by Gasteiger charge is -2.20. The minimum absolute atomic E-state index is 0.105. The van der Waals surface area contributed by atoms with Crippen LogP contribution in [0.5, 0.6) is 0 Å². The number of aliphatic hydroxyl groups is 1. The summed E-state index contributed by atoms with van der Waals surface area (Å²) in [5.41, 5.74) is 0. The van der Waals surface area contributed by atoms with Crippen molar-refractivity contribution in [1.82, 2.24) is 5.32 Å². The molecule has 1 saturated heterocycles. The summed E-state index contributed by atoms with van der Waals surface area (Å²) < 4.78 is 0. The van der Waals surface area contributed by atoms with Crippen LogP contribution in [-0.4, -0.2) is 35.2 Å². The smallest absolute Gasteiger partial charge is 0.224 e. The summed E-state index contributed by atoms with van der Waals surface area (Å²) in [7, 11) is 0. The Kier molecular flexibility index (Phi) is 4.59. The number of hydrogen-bond donors (Lipinski definition) is 2. The van der Waals surface area contributed by atoms with Crippen molar-refractivity contribution in [2.45, 2.75) is 25.9 Å². The predicted molar refractivity (Wildman–Crippen MR) is 54.7 cm³/mol. The average molecular weight is 203 g/mol. The van der Waals surface area contributed by atoms with Gasteiger partial charge in [-0.15, -0.1) is 0 Å². The van der Waals surface area contributed by atoms with E-state index < -0.39 is 6.10 Å². The van der Waals surface area contributed by atoms with Gasteiger partial charge in [0.2, 0.25) is 5.91 Å². The second-order valence-electron chi connectivity index (χ2n) is 3.51. The summed E-state index contributed by atoms with van der Waals surface area (Å²) in [6, 6.07) is 0. The molecule has 0 aromatic carbocycles. The standard InChI is InChI=1S/C9H17NO2S/c1-7(11)5-10-9(12)8-3-2-4-13-6-8/h7-8,11H,2-6H2,1H3,(H,10,12)/t7-,8?/m0/s1. The van der Waals surface area contributed by atoms with Gasteiger partial charge in [0.1, 0.15) is 0 Å². The second kappa shape index (κ2) is 5.50. The molecule has 13 heavy (non-hydrogen) atoms. The minimum Gasteiger partial charge on any atom is -0.392 e. The van der Waals surface area contributed by atoms with E-state index in [2.05, 4.69) is 5.32 Å². The molecule has 0 aromatic heterocycles. The zero-order chi connectivity index (χ0) is 9.68. The van der Waals surface area contributed by atoms with Crippen LogP contribution in [0.1, 0.15) is 19.8 Å². The van der Waals surface area contributed by atoms with E-state index in [0.29, 0.717) is 6.54 Å². The van der Waals surface area contributed by atoms with Gasteiger partial charge in [0.15, 0.2) is 0 Å². The van der Waals surface area contributed by atoms with Gasteiger partial charge in [0.05, 0.1) is 6.10 Å². The number of nitrogens with one attached hydrogen (secondary N) is 1. The van der Waals surface area contributed by atoms with Gasteiger partial charge in [-0.3, -0.25) is 4.79 Å². The van der Waals surface area contributed by atoms with Gasteiger partial charge in [0, 0.05) is 18.2 Å². The van der Waals surface area contributed by atoms with Gasteiger partial charge < -0.3 is 10.4 Å². The van der Waals surface area contributed by atoms with E-state index >= 15 is 0 Å². The molecule has 1 aliphatic rings. The van der Waals surface area contributed by atoms with Crippen LogP contribution in [-0.2, 0) is 4.79 Å². The van der Waals surface area contributed by atoms with Crippen LogP contribution in [0.3, 0.4) is 0 Å². The zero-order valence-electron chi connectivity index (χ0n) is 7.95. The number of amides is 1. The Balaban J connectivity index is 2.21. The monoisotopic (exact) mass is 203 g/mol. The van der Waals surface area contributed by atoms with E-state index in [4.69, 9.17) is 5.11 Å². The first-order valence-corrected chi connectivity index (χ1v) is 5.89. The van der Waals surface area contributed by atoms with Crippen LogP contribution in [0.15, 0.2) is 0 Å². The van der Waals surface area contributed by atoms with Crippen molar-refractivity contribution in [3.63, 3.8) is 0 Å². The number of hydrogen-bond acceptors (Lipinski definition) is 3. The third kappa shape index (κ3) is 4.00. The largest absolute Gasteiger partial charge is 0.392 e. The quantitative estimate of drug-likeness (QED) is 0.707. The normalized spacial score (nSPS) is 25.2. The van der Waals surface area contributed by atoms with Crippen molar-refractivity contribution in [3.8, 4) is 0 Å². The van der Waals surface area contributed by atoms with Crippen molar-refractivity contribution in [1.29, 1.82) is 0 Å². The highest BCUT2D eigenvalue weighted by Gasteiger charge is 2.21. The summed E-state index contributed by atoms with van der Waals surface area (Å²) in [4.78, 5) is 11.5. The van der Waals surface area contributed by atoms with Crippen LogP contribution in [0.25, 0.3) is 0 Å². The van der Waals surface area contributed by atoms with E-state index in [0.717, 1.165) is 18.6 Å². The Morgan fingerprint density at radius 1 is 1.77 bits per heavy atom. The van der Waals surface area contributed by atoms with Crippen molar-refractivity contribution in [2.24, 2.45) is 5.92 Å². The molecule has 0 saturated carbocycles. The Morgan fingerprint density at radius 3 is 3.08 bits per heavy atom. The lowest BCUT2D eigenvalue weighted by molar-refractivity contribution is -0.125. The Labute approximate surface area is 83.3 Å². The number of carbonyl (C=O) groups excluding carboxylic acids is 1. The van der Waals surface area contributed by atoms with Gasteiger partial charge in [-0.2, -0.15) is 11.8 Å². The first-order chi connectivity index (χ1) is 6.20. The van der Waals surface area contributed by atoms with E-state index in [-0.39, 0.29) is 11.8 Å². The summed E-state index contributed by atoms with van der Waals surface area (Å²) in [5.74, 6) is 2.39. The Bertz CT molecular complexity index is 167. The van der Waals surface area contributed by atoms with Crippen molar-refractivity contribution in [2.75, 3.05) is 18.1 Å². The first-order valence-electron chi connectivity index (χ1n) is 4.73. The lowest BCUT2D eigenvalue weighted by Crippen LogP contribution is -2.37. The van der Waals surface area contributed by atoms with Gasteiger partial charge in [-0.25, -0.2) is 0 Å². The number of aliphatic hydroxyl groups excluding tert-OH is 1. The van der Waals surface area contributed by atoms with Crippen LogP contribution in [0.2, 0.25) is 0 Å². The van der Waals surface area contributed by atoms with Crippen molar-refractivity contribution >= 4 is 17.7 Å². The second-order valence-corrected chi connectivity index (χ2v) is 4.66. The van der Waals surface area contributed by atoms with Crippen LogP contribution in [0.4, 0.5) is 0 Å². The fraction of sp³-hybridized carbons (Fsp3) is 0.889. The molecule has 1 amide bonds. The Hall–Kier alpha value is -0.220. The van der Waals surface area contributed by atoms with Gasteiger partial charge in [-0.05, 0) is 25.5 Å². The molecule has 1 unspecified atom stereocenters. The van der Waals surface area contributed by atoms with E-state index in [9.17, 15) is 4.79 Å². The molecular formula is C9H17NO2S. The van der Waals surface area contributed by atoms with Gasteiger partial charge in [0.25, 0.3) is 0 Å². The fourth-order valence-electron chi connectivity index (χ4n) is 1.34. The van der Waals surface area contributed by atoms with Crippen LogP contribution < -0.4 is 5.32 Å². The highest BCUT2D eigenvalue weighted by Crippen LogP contribution is 2.22. The molecule has 4 heteroatoms. The zero-order valence-corrected chi connectivity index (χ0v) is 8.77. The summed E-state index contributed by atoms with van der Waals surface area (Å²) in [5, 5.41) is 11.7. The molecule has 2 atom stereocenters. The molecule has 1 heterocycles. The van der Waals surface area contributed by atoms with Crippen LogP contribution >= 0.6 is 11.8 Å². The molecule has 0 spiro atoms. The average Bonchev–Trinajstić information content (AvgIpc) is 2.15. The predicted octanol–water partition coefficient (Wildman–Crippen LogP) is 0.627. The lowest BCUT2D eigenvalue weighted by atomic mass is 10.0. The maximum absolute atomic E-state index is 11.5. The van der Waals surface area contributed by atoms with Crippen molar-refractivity contribution in [3.05, 3.63) is 0 Å². The molecule has 0 bridgehead atoms. The van der Waals surface area contributed by atoms with Crippen LogP contribution in [0, 0.1) is 5.92 Å². The highest BCUT2D eigenvalue weighted by atomic mass is 32.2. The van der Waals surface area contributed by atoms with Gasteiger partial charge in [-0.1, -0.05) is 0 Å². The van der Waals surface area contributed by atoms with Crippen molar-refractivity contribution < 1.29 is 9.90 Å². The summed E-state index contributed by atoms with van der Waals surface area (Å²) >= 11 is 1.84. The first kappa shape index (κ1) is 10.9. The maximum atomic E-state index is 11.5. The maximum Gasteiger partial charge on any atom is 0.224 e. The number of thioether (sulfide) groups is 1. The highest BCUT2D eigenvalue weighted by molar-refractivity contribution is 7.99. The third-order valence-electron chi connectivity index (χ3n) is 2.10. The summed E-state index contributed by atoms with van der Waals surface area (Å²) in [6.07, 6.45) is 1.69. The molecule has 0 aliphatic carbocycles. The molecule has 2 N–H and O–H groups in total. The van der Waals surface area contributed by atoms with Gasteiger partial charge >= 0.3 is 0 Å².